The van der Waals surface area contributed by atoms with Crippen LogP contribution >= 0.6 is 0 Å². The summed E-state index contributed by atoms with van der Waals surface area (Å²) in [7, 11) is -3.75. The number of benzene rings is 1. The molecule has 1 amide bonds. The molecule has 0 aliphatic carbocycles. The van der Waals surface area contributed by atoms with Gasteiger partial charge in [0.25, 0.3) is 5.91 Å². The van der Waals surface area contributed by atoms with Gasteiger partial charge in [-0.25, -0.2) is 17.9 Å². The maximum atomic E-state index is 12.1. The van der Waals surface area contributed by atoms with Crippen LogP contribution in [0.4, 0.5) is 0 Å². The van der Waals surface area contributed by atoms with Crippen LogP contribution in [0.2, 0.25) is 0 Å². The number of carbonyl (C=O) groups excluding carboxylic acids is 2. The van der Waals surface area contributed by atoms with E-state index < -0.39 is 28.0 Å². The van der Waals surface area contributed by atoms with Crippen molar-refractivity contribution in [2.45, 2.75) is 24.5 Å². The molecule has 0 bridgehead atoms. The third kappa shape index (κ3) is 4.43. The first kappa shape index (κ1) is 17.7. The summed E-state index contributed by atoms with van der Waals surface area (Å²) in [5.41, 5.74) is 5.11. The van der Waals surface area contributed by atoms with Crippen molar-refractivity contribution in [2.24, 2.45) is 5.73 Å². The normalized spacial score (nSPS) is 12.5. The van der Waals surface area contributed by atoms with E-state index in [1.54, 1.807) is 12.1 Å². The number of esters is 1. The Bertz CT molecular complexity index is 812. The Balaban J connectivity index is 2.05. The van der Waals surface area contributed by atoms with Gasteiger partial charge in [0.2, 0.25) is 10.0 Å². The minimum absolute atomic E-state index is 0.00918. The molecule has 0 aliphatic rings. The van der Waals surface area contributed by atoms with E-state index in [1.165, 1.54) is 37.5 Å². The van der Waals surface area contributed by atoms with Crippen LogP contribution in [0.1, 0.15) is 23.0 Å². The van der Waals surface area contributed by atoms with E-state index in [2.05, 4.69) is 4.72 Å². The minimum Gasteiger partial charge on any atom is -0.468 e. The van der Waals surface area contributed by atoms with Gasteiger partial charge in [-0.05, 0) is 43.3 Å². The number of nitrogens with two attached hydrogens (primary N) is 1. The zero-order valence-corrected chi connectivity index (χ0v) is 13.6. The van der Waals surface area contributed by atoms with Crippen LogP contribution < -0.4 is 10.5 Å². The maximum Gasteiger partial charge on any atom is 0.338 e. The van der Waals surface area contributed by atoms with Crippen LogP contribution in [0.3, 0.4) is 0 Å². The summed E-state index contributed by atoms with van der Waals surface area (Å²) in [5.74, 6) is -1.07. The van der Waals surface area contributed by atoms with Crippen molar-refractivity contribution in [1.82, 2.24) is 4.72 Å². The second-order valence-electron chi connectivity index (χ2n) is 4.88. The lowest BCUT2D eigenvalue weighted by Crippen LogP contribution is -2.30. The molecule has 3 N–H and O–H groups in total. The summed E-state index contributed by atoms with van der Waals surface area (Å²) in [4.78, 5) is 22.6. The highest BCUT2D eigenvalue weighted by Crippen LogP contribution is 2.13. The first-order chi connectivity index (χ1) is 11.3. The van der Waals surface area contributed by atoms with Crippen molar-refractivity contribution in [3.63, 3.8) is 0 Å². The van der Waals surface area contributed by atoms with E-state index in [9.17, 15) is 18.0 Å². The van der Waals surface area contributed by atoms with Gasteiger partial charge in [0.05, 0.1) is 23.3 Å². The molecule has 24 heavy (non-hydrogen) atoms. The highest BCUT2D eigenvalue weighted by molar-refractivity contribution is 7.89. The molecule has 2 rings (SSSR count). The number of nitrogens with one attached hydrogen (secondary N) is 1. The molecule has 9 heteroatoms. The van der Waals surface area contributed by atoms with Crippen molar-refractivity contribution in [1.29, 1.82) is 0 Å². The van der Waals surface area contributed by atoms with Crippen LogP contribution in [0, 0.1) is 0 Å². The quantitative estimate of drug-likeness (QED) is 0.709. The van der Waals surface area contributed by atoms with Crippen molar-refractivity contribution in [3.8, 4) is 0 Å². The third-order valence-corrected chi connectivity index (χ3v) is 4.52. The van der Waals surface area contributed by atoms with Gasteiger partial charge in [-0.1, -0.05) is 0 Å². The Morgan fingerprint density at radius 3 is 2.46 bits per heavy atom. The second kappa shape index (κ2) is 7.28. The van der Waals surface area contributed by atoms with Crippen LogP contribution in [-0.4, -0.2) is 26.4 Å². The summed E-state index contributed by atoms with van der Waals surface area (Å²) < 4.78 is 36.5. The lowest BCUT2D eigenvalue weighted by atomic mass is 10.2. The van der Waals surface area contributed by atoms with Crippen molar-refractivity contribution in [2.75, 3.05) is 0 Å². The van der Waals surface area contributed by atoms with E-state index in [0.717, 1.165) is 0 Å². The molecule has 1 atom stereocenters. The molecular weight excluding hydrogens is 336 g/mol. The molecule has 1 aromatic carbocycles. The molecule has 0 unspecified atom stereocenters. The number of furan rings is 1. The molecule has 2 aromatic rings. The fourth-order valence-electron chi connectivity index (χ4n) is 1.72. The summed E-state index contributed by atoms with van der Waals surface area (Å²) in [6.45, 7) is 1.35. The first-order valence-corrected chi connectivity index (χ1v) is 8.40. The Labute approximate surface area is 138 Å². The van der Waals surface area contributed by atoms with E-state index in [1.807, 2.05) is 0 Å². The zero-order valence-electron chi connectivity index (χ0n) is 12.8. The van der Waals surface area contributed by atoms with Gasteiger partial charge >= 0.3 is 5.97 Å². The van der Waals surface area contributed by atoms with Gasteiger partial charge < -0.3 is 14.9 Å². The Morgan fingerprint density at radius 1 is 1.25 bits per heavy atom. The minimum atomic E-state index is -3.75. The smallest absolute Gasteiger partial charge is 0.338 e. The molecule has 0 spiro atoms. The Hall–Kier alpha value is -2.65. The summed E-state index contributed by atoms with van der Waals surface area (Å²) in [5, 5.41) is 0. The summed E-state index contributed by atoms with van der Waals surface area (Å²) >= 11 is 0. The average Bonchev–Trinajstić information content (AvgIpc) is 3.06. The van der Waals surface area contributed by atoms with Gasteiger partial charge in [-0.3, -0.25) is 4.79 Å². The molecule has 8 nitrogen and oxygen atoms in total. The molecule has 128 valence electrons. The highest BCUT2D eigenvalue weighted by Gasteiger charge is 2.18. The fourth-order valence-corrected chi connectivity index (χ4v) is 2.71. The molecule has 0 radical (unpaired) electrons. The molecular formula is C15H16N2O6S. The predicted octanol–water partition coefficient (Wildman–Crippen LogP) is 0.789. The number of primary amides is 1. The maximum absolute atomic E-state index is 12.1. The van der Waals surface area contributed by atoms with E-state index in [4.69, 9.17) is 14.9 Å². The molecule has 1 aromatic heterocycles. The molecule has 0 fully saturated rings. The number of hydrogen-bond donors (Lipinski definition) is 2. The van der Waals surface area contributed by atoms with Crippen molar-refractivity contribution >= 4 is 21.9 Å². The third-order valence-electron chi connectivity index (χ3n) is 3.10. The number of ether oxygens (including phenoxy) is 1. The van der Waals surface area contributed by atoms with Crippen LogP contribution in [0.25, 0.3) is 0 Å². The number of carbonyl (C=O) groups is 2. The largest absolute Gasteiger partial charge is 0.468 e. The van der Waals surface area contributed by atoms with Crippen LogP contribution in [0.15, 0.2) is 52.0 Å². The van der Waals surface area contributed by atoms with E-state index in [0.29, 0.717) is 5.76 Å². The molecule has 0 aliphatic heterocycles. The van der Waals surface area contributed by atoms with Gasteiger partial charge in [-0.2, -0.15) is 0 Å². The number of sulfonamides is 1. The lowest BCUT2D eigenvalue weighted by molar-refractivity contribution is -0.125. The first-order valence-electron chi connectivity index (χ1n) is 6.92. The highest BCUT2D eigenvalue weighted by atomic mass is 32.2. The number of rotatable bonds is 7. The Kier molecular flexibility index (Phi) is 5.37. The monoisotopic (exact) mass is 352 g/mol. The standard InChI is InChI=1S/C15H16N2O6S/c1-10(14(16)18)23-15(19)11-4-6-13(7-5-11)24(20,21)17-9-12-3-2-8-22-12/h2-8,10,17H,9H2,1H3,(H2,16,18)/t10-/m1/s1. The van der Waals surface area contributed by atoms with Crippen molar-refractivity contribution in [3.05, 3.63) is 54.0 Å². The molecule has 1 heterocycles. The van der Waals surface area contributed by atoms with E-state index in [-0.39, 0.29) is 17.0 Å². The lowest BCUT2D eigenvalue weighted by Gasteiger charge is -2.10. The number of amides is 1. The van der Waals surface area contributed by atoms with Gasteiger partial charge in [0.1, 0.15) is 5.76 Å². The zero-order chi connectivity index (χ0) is 17.7. The topological polar surface area (TPSA) is 129 Å². The summed E-state index contributed by atoms with van der Waals surface area (Å²) in [6, 6.07) is 8.39. The van der Waals surface area contributed by atoms with Gasteiger partial charge in [0, 0.05) is 0 Å². The predicted molar refractivity (Wildman–Crippen MR) is 83.2 cm³/mol. The van der Waals surface area contributed by atoms with E-state index >= 15 is 0 Å². The van der Waals surface area contributed by atoms with Crippen LogP contribution in [-0.2, 0) is 26.1 Å². The SMILES string of the molecule is C[C@@H](OC(=O)c1ccc(S(=O)(=O)NCc2ccco2)cc1)C(N)=O. The van der Waals surface area contributed by atoms with Gasteiger partial charge in [0.15, 0.2) is 6.10 Å². The second-order valence-corrected chi connectivity index (χ2v) is 6.65. The van der Waals surface area contributed by atoms with Crippen LogP contribution in [0.5, 0.6) is 0 Å². The average molecular weight is 352 g/mol. The molecule has 0 saturated carbocycles. The van der Waals surface area contributed by atoms with Gasteiger partial charge in [-0.15, -0.1) is 0 Å². The number of hydrogen-bond acceptors (Lipinski definition) is 6. The molecule has 0 saturated heterocycles. The Morgan fingerprint density at radius 2 is 1.92 bits per heavy atom. The summed E-state index contributed by atoms with van der Waals surface area (Å²) in [6.07, 6.45) is 0.368. The fraction of sp³-hybridized carbons (Fsp3) is 0.200. The van der Waals surface area contributed by atoms with Crippen molar-refractivity contribution < 1.29 is 27.2 Å².